The zero-order chi connectivity index (χ0) is 25.1. The fourth-order valence-corrected chi connectivity index (χ4v) is 3.88. The molecule has 0 saturated carbocycles. The maximum atomic E-state index is 12.9. The van der Waals surface area contributed by atoms with Gasteiger partial charge in [0, 0.05) is 12.1 Å². The summed E-state index contributed by atoms with van der Waals surface area (Å²) < 4.78 is 40.6. The summed E-state index contributed by atoms with van der Waals surface area (Å²) in [4.78, 5) is 14.0. The van der Waals surface area contributed by atoms with E-state index < -0.39 is 11.7 Å². The van der Waals surface area contributed by atoms with E-state index in [2.05, 4.69) is 10.3 Å². The smallest absolute Gasteiger partial charge is 0.416 e. The highest BCUT2D eigenvalue weighted by molar-refractivity contribution is 5.85. The zero-order valence-corrected chi connectivity index (χ0v) is 19.1. The molecular formula is C27H22F3N5O. The first-order chi connectivity index (χ1) is 17.4. The maximum absolute atomic E-state index is 12.9. The van der Waals surface area contributed by atoms with Gasteiger partial charge >= 0.3 is 6.18 Å². The van der Waals surface area contributed by atoms with Crippen LogP contribution in [0.1, 0.15) is 16.7 Å². The monoisotopic (exact) mass is 489 g/mol. The zero-order valence-electron chi connectivity index (χ0n) is 19.1. The van der Waals surface area contributed by atoms with E-state index in [9.17, 15) is 18.3 Å². The van der Waals surface area contributed by atoms with Crippen LogP contribution < -0.4 is 5.32 Å². The minimum absolute atomic E-state index is 0.218. The Morgan fingerprint density at radius 3 is 2.22 bits per heavy atom. The summed E-state index contributed by atoms with van der Waals surface area (Å²) in [7, 11) is 0. The van der Waals surface area contributed by atoms with Gasteiger partial charge in [0.25, 0.3) is 0 Å². The van der Waals surface area contributed by atoms with Crippen LogP contribution in [0.25, 0.3) is 22.6 Å². The number of hydrogen-bond donors (Lipinski definition) is 2. The first kappa shape index (κ1) is 23.3. The first-order valence-corrected chi connectivity index (χ1v) is 11.3. The summed E-state index contributed by atoms with van der Waals surface area (Å²) in [6.45, 7) is 0.893. The number of phenols is 1. The lowest BCUT2D eigenvalue weighted by molar-refractivity contribution is -0.137. The molecule has 3 aromatic carbocycles. The number of halogens is 3. The van der Waals surface area contributed by atoms with E-state index in [1.165, 1.54) is 12.1 Å². The first-order valence-electron chi connectivity index (χ1n) is 11.3. The van der Waals surface area contributed by atoms with Crippen LogP contribution >= 0.6 is 0 Å². The van der Waals surface area contributed by atoms with Gasteiger partial charge in [0.2, 0.25) is 0 Å². The molecule has 6 nitrogen and oxygen atoms in total. The number of aromatic hydroxyl groups is 1. The van der Waals surface area contributed by atoms with Crippen LogP contribution in [-0.2, 0) is 19.1 Å². The number of rotatable bonds is 7. The normalized spacial score (nSPS) is 11.6. The quantitative estimate of drug-likeness (QED) is 0.297. The molecule has 0 atom stereocenters. The molecule has 0 fully saturated rings. The van der Waals surface area contributed by atoms with E-state index in [4.69, 9.17) is 9.97 Å². The Kier molecular flexibility index (Phi) is 6.28. The van der Waals surface area contributed by atoms with Crippen molar-refractivity contribution in [1.82, 2.24) is 19.5 Å². The number of fused-ring (bicyclic) bond motifs is 1. The molecule has 9 heteroatoms. The molecular weight excluding hydrogens is 467 g/mol. The molecule has 0 radical (unpaired) electrons. The van der Waals surface area contributed by atoms with Crippen molar-refractivity contribution in [1.29, 1.82) is 0 Å². The van der Waals surface area contributed by atoms with E-state index in [0.29, 0.717) is 47.9 Å². The van der Waals surface area contributed by atoms with Crippen LogP contribution in [0.15, 0.2) is 85.2 Å². The third-order valence-electron chi connectivity index (χ3n) is 5.77. The number of imidazole rings is 1. The average Bonchev–Trinajstić information content (AvgIpc) is 3.28. The Balaban J connectivity index is 1.45. The Bertz CT molecular complexity index is 1460. The largest absolute Gasteiger partial charge is 0.508 e. The number of alkyl halides is 3. The molecule has 182 valence electrons. The van der Waals surface area contributed by atoms with E-state index in [1.807, 2.05) is 42.5 Å². The summed E-state index contributed by atoms with van der Waals surface area (Å²) in [6, 6.07) is 21.6. The number of hydrogen-bond acceptors (Lipinski definition) is 5. The lowest BCUT2D eigenvalue weighted by Gasteiger charge is -2.11. The van der Waals surface area contributed by atoms with E-state index in [1.54, 1.807) is 23.0 Å². The summed E-state index contributed by atoms with van der Waals surface area (Å²) in [5, 5.41) is 12.8. The van der Waals surface area contributed by atoms with E-state index in [0.717, 1.165) is 23.3 Å². The molecule has 0 spiro atoms. The lowest BCUT2D eigenvalue weighted by Crippen LogP contribution is -2.09. The topological polar surface area (TPSA) is 75.9 Å². The predicted molar refractivity (Wildman–Crippen MR) is 132 cm³/mol. The van der Waals surface area contributed by atoms with Gasteiger partial charge < -0.3 is 15.0 Å². The third kappa shape index (κ3) is 5.14. The fourth-order valence-electron chi connectivity index (χ4n) is 3.88. The fraction of sp³-hybridized carbons (Fsp3) is 0.148. The second-order valence-corrected chi connectivity index (χ2v) is 8.34. The van der Waals surface area contributed by atoms with Crippen molar-refractivity contribution in [3.8, 4) is 17.1 Å². The number of aromatic nitrogens is 4. The van der Waals surface area contributed by atoms with Crippen molar-refractivity contribution in [2.75, 3.05) is 11.9 Å². The molecule has 0 amide bonds. The number of nitrogens with zero attached hydrogens (tertiary/aromatic N) is 4. The van der Waals surface area contributed by atoms with Crippen LogP contribution in [0, 0.1) is 0 Å². The molecule has 0 bridgehead atoms. The molecule has 5 aromatic rings. The number of nitrogens with one attached hydrogen (secondary N) is 1. The molecule has 0 aliphatic rings. The summed E-state index contributed by atoms with van der Waals surface area (Å²) in [5.41, 5.74) is 3.06. The molecule has 0 saturated heterocycles. The Hall–Kier alpha value is -4.40. The minimum atomic E-state index is -4.38. The van der Waals surface area contributed by atoms with Gasteiger partial charge in [0.15, 0.2) is 17.3 Å². The van der Waals surface area contributed by atoms with Gasteiger partial charge in [-0.2, -0.15) is 13.2 Å². The summed E-state index contributed by atoms with van der Waals surface area (Å²) in [6.07, 6.45) is -2.05. The van der Waals surface area contributed by atoms with E-state index >= 15 is 0 Å². The van der Waals surface area contributed by atoms with Gasteiger partial charge in [-0.1, -0.05) is 54.6 Å². The van der Waals surface area contributed by atoms with Crippen molar-refractivity contribution in [3.63, 3.8) is 0 Å². The highest BCUT2D eigenvalue weighted by atomic mass is 19.4. The number of benzene rings is 3. The standard InChI is InChI=1S/C27H22F3N5O/c28-27(29,30)21-10-6-19(7-11-21)16-35-17-32-23-25(31-15-14-18-8-12-22(36)13-9-18)33-24(34-26(23)35)20-4-2-1-3-5-20/h1-13,17,36H,14-16H2,(H,31,33,34). The number of phenolic OH excluding ortho intramolecular Hbond substituents is 1. The van der Waals surface area contributed by atoms with Crippen LogP contribution in [0.5, 0.6) is 5.75 Å². The average molecular weight is 490 g/mol. The second-order valence-electron chi connectivity index (χ2n) is 8.34. The summed E-state index contributed by atoms with van der Waals surface area (Å²) >= 11 is 0. The SMILES string of the molecule is Oc1ccc(CCNc2nc(-c3ccccc3)nc3c2ncn3Cc2ccc(C(F)(F)F)cc2)cc1. The molecule has 2 heterocycles. The van der Waals surface area contributed by atoms with Crippen molar-refractivity contribution in [2.24, 2.45) is 0 Å². The number of anilines is 1. The third-order valence-corrected chi connectivity index (χ3v) is 5.77. The van der Waals surface area contributed by atoms with E-state index in [-0.39, 0.29) is 5.75 Å². The van der Waals surface area contributed by atoms with Crippen molar-refractivity contribution in [2.45, 2.75) is 19.1 Å². The van der Waals surface area contributed by atoms with Gasteiger partial charge in [-0.05, 0) is 41.8 Å². The van der Waals surface area contributed by atoms with Gasteiger partial charge in [0.05, 0.1) is 18.4 Å². The van der Waals surface area contributed by atoms with Crippen LogP contribution in [0.3, 0.4) is 0 Å². The highest BCUT2D eigenvalue weighted by Crippen LogP contribution is 2.30. The second kappa shape index (κ2) is 9.69. The maximum Gasteiger partial charge on any atom is 0.416 e. The molecule has 5 rings (SSSR count). The summed E-state index contributed by atoms with van der Waals surface area (Å²) in [5.74, 6) is 1.31. The molecule has 0 aliphatic carbocycles. The van der Waals surface area contributed by atoms with Crippen LogP contribution in [0.4, 0.5) is 19.0 Å². The minimum Gasteiger partial charge on any atom is -0.508 e. The van der Waals surface area contributed by atoms with Gasteiger partial charge in [-0.3, -0.25) is 0 Å². The van der Waals surface area contributed by atoms with Crippen LogP contribution in [-0.4, -0.2) is 31.2 Å². The predicted octanol–water partition coefficient (Wildman–Crippen LogP) is 5.92. The van der Waals surface area contributed by atoms with Gasteiger partial charge in [-0.25, -0.2) is 15.0 Å². The molecule has 2 N–H and O–H groups in total. The van der Waals surface area contributed by atoms with Crippen molar-refractivity contribution < 1.29 is 18.3 Å². The molecule has 0 aliphatic heterocycles. The highest BCUT2D eigenvalue weighted by Gasteiger charge is 2.30. The van der Waals surface area contributed by atoms with Crippen LogP contribution in [0.2, 0.25) is 0 Å². The lowest BCUT2D eigenvalue weighted by atomic mass is 10.1. The Morgan fingerprint density at radius 2 is 1.53 bits per heavy atom. The Morgan fingerprint density at radius 1 is 0.833 bits per heavy atom. The Labute approximate surface area is 205 Å². The molecule has 0 unspecified atom stereocenters. The molecule has 36 heavy (non-hydrogen) atoms. The van der Waals surface area contributed by atoms with Gasteiger partial charge in [-0.15, -0.1) is 0 Å². The van der Waals surface area contributed by atoms with Gasteiger partial charge in [0.1, 0.15) is 11.3 Å². The van der Waals surface area contributed by atoms with Crippen molar-refractivity contribution in [3.05, 3.63) is 102 Å². The molecule has 2 aromatic heterocycles. The van der Waals surface area contributed by atoms with Crippen molar-refractivity contribution >= 4 is 17.0 Å².